The Hall–Kier alpha value is -1.79. The lowest BCUT2D eigenvalue weighted by Gasteiger charge is -2.35. The number of carbonyl (C=O) groups is 3. The Kier molecular flexibility index (Phi) is 7.72. The number of amides is 2. The largest absolute Gasteiger partial charge is 0.454 e. The van der Waals surface area contributed by atoms with Crippen LogP contribution in [0.25, 0.3) is 0 Å². The summed E-state index contributed by atoms with van der Waals surface area (Å²) in [6.45, 7) is 2.10. The molecule has 0 aromatic heterocycles. The van der Waals surface area contributed by atoms with Crippen molar-refractivity contribution in [2.45, 2.75) is 38.6 Å². The highest BCUT2D eigenvalue weighted by Gasteiger charge is 2.25. The van der Waals surface area contributed by atoms with E-state index in [0.29, 0.717) is 11.6 Å². The van der Waals surface area contributed by atoms with Crippen molar-refractivity contribution in [1.82, 2.24) is 10.2 Å². The van der Waals surface area contributed by atoms with E-state index in [1.807, 2.05) is 6.92 Å². The molecule has 1 aliphatic rings. The lowest BCUT2D eigenvalue weighted by molar-refractivity contribution is -0.152. The summed E-state index contributed by atoms with van der Waals surface area (Å²) in [5.74, 6) is -1.34. The molecule has 6 nitrogen and oxygen atoms in total. The zero-order chi connectivity index (χ0) is 19.1. The lowest BCUT2D eigenvalue weighted by Crippen LogP contribution is -2.45. The topological polar surface area (TPSA) is 75.7 Å². The Balaban J connectivity index is 1.76. The van der Waals surface area contributed by atoms with Gasteiger partial charge >= 0.3 is 5.97 Å². The van der Waals surface area contributed by atoms with Crippen molar-refractivity contribution in [3.05, 3.63) is 33.8 Å². The quantitative estimate of drug-likeness (QED) is 0.744. The third-order valence-electron chi connectivity index (χ3n) is 4.35. The van der Waals surface area contributed by atoms with Gasteiger partial charge in [0.2, 0.25) is 0 Å². The monoisotopic (exact) mass is 400 g/mol. The van der Waals surface area contributed by atoms with Crippen LogP contribution in [0.15, 0.2) is 18.2 Å². The molecule has 1 saturated heterocycles. The first-order valence-corrected chi connectivity index (χ1v) is 9.36. The second kappa shape index (κ2) is 9.78. The maximum Gasteiger partial charge on any atom is 0.325 e. The summed E-state index contributed by atoms with van der Waals surface area (Å²) < 4.78 is 4.99. The van der Waals surface area contributed by atoms with Gasteiger partial charge in [0, 0.05) is 18.2 Å². The second-order valence-corrected chi connectivity index (χ2v) is 6.93. The molecule has 8 heteroatoms. The smallest absolute Gasteiger partial charge is 0.325 e. The van der Waals surface area contributed by atoms with Crippen molar-refractivity contribution < 1.29 is 19.1 Å². The van der Waals surface area contributed by atoms with Crippen LogP contribution in [0.5, 0.6) is 0 Å². The van der Waals surface area contributed by atoms with E-state index in [9.17, 15) is 14.4 Å². The number of benzene rings is 1. The molecule has 2 amide bonds. The van der Waals surface area contributed by atoms with E-state index in [0.717, 1.165) is 25.7 Å². The highest BCUT2D eigenvalue weighted by Crippen LogP contribution is 2.22. The fraction of sp³-hybridized carbons (Fsp3) is 0.500. The summed E-state index contributed by atoms with van der Waals surface area (Å²) in [5.41, 5.74) is 0.280. The van der Waals surface area contributed by atoms with E-state index >= 15 is 0 Å². The number of nitrogens with one attached hydrogen (secondary N) is 1. The molecule has 1 N–H and O–H groups in total. The van der Waals surface area contributed by atoms with Gasteiger partial charge in [0.05, 0.1) is 10.0 Å². The summed E-state index contributed by atoms with van der Waals surface area (Å²) >= 11 is 11.7. The zero-order valence-corrected chi connectivity index (χ0v) is 16.1. The number of esters is 1. The zero-order valence-electron chi connectivity index (χ0n) is 14.6. The maximum atomic E-state index is 12.2. The van der Waals surface area contributed by atoms with Crippen LogP contribution < -0.4 is 5.32 Å². The minimum absolute atomic E-state index is 0.194. The molecule has 1 heterocycles. The van der Waals surface area contributed by atoms with E-state index < -0.39 is 11.9 Å². The molecule has 0 bridgehead atoms. The maximum absolute atomic E-state index is 12.2. The Morgan fingerprint density at radius 1 is 1.23 bits per heavy atom. The predicted molar refractivity (Wildman–Crippen MR) is 99.4 cm³/mol. The first-order valence-electron chi connectivity index (χ1n) is 8.60. The van der Waals surface area contributed by atoms with Crippen LogP contribution in [-0.2, 0) is 14.3 Å². The molecule has 1 aromatic rings. The van der Waals surface area contributed by atoms with Crippen molar-refractivity contribution in [1.29, 1.82) is 0 Å². The molecular formula is C18H22Cl2N2O4. The summed E-state index contributed by atoms with van der Waals surface area (Å²) in [4.78, 5) is 37.8. The molecule has 1 fully saturated rings. The number of piperidine rings is 1. The van der Waals surface area contributed by atoms with Gasteiger partial charge in [-0.1, -0.05) is 30.1 Å². The molecule has 1 aromatic carbocycles. The predicted octanol–water partition coefficient (Wildman–Crippen LogP) is 3.06. The summed E-state index contributed by atoms with van der Waals surface area (Å²) in [6, 6.07) is 4.62. The molecule has 26 heavy (non-hydrogen) atoms. The van der Waals surface area contributed by atoms with Crippen LogP contribution >= 0.6 is 23.2 Å². The first-order chi connectivity index (χ1) is 12.4. The third-order valence-corrected chi connectivity index (χ3v) is 5.09. The van der Waals surface area contributed by atoms with Crippen LogP contribution in [0.3, 0.4) is 0 Å². The molecule has 0 spiro atoms. The van der Waals surface area contributed by atoms with Gasteiger partial charge < -0.3 is 15.0 Å². The van der Waals surface area contributed by atoms with Gasteiger partial charge in [-0.25, -0.2) is 0 Å². The molecule has 142 valence electrons. The van der Waals surface area contributed by atoms with Crippen LogP contribution in [0.2, 0.25) is 10.0 Å². The Bertz CT molecular complexity index is 681. The molecule has 0 unspecified atom stereocenters. The summed E-state index contributed by atoms with van der Waals surface area (Å²) in [5, 5.41) is 3.02. The highest BCUT2D eigenvalue weighted by atomic mass is 35.5. The van der Waals surface area contributed by atoms with Gasteiger partial charge in [-0.3, -0.25) is 14.4 Å². The minimum Gasteiger partial charge on any atom is -0.454 e. The molecule has 0 radical (unpaired) electrons. The minimum atomic E-state index is -0.670. The van der Waals surface area contributed by atoms with Crippen LogP contribution in [0.1, 0.15) is 43.0 Å². The number of rotatable bonds is 6. The normalized spacial score (nSPS) is 16.9. The number of halogens is 2. The number of nitrogens with zero attached hydrogens (tertiary/aromatic N) is 1. The molecule has 2 rings (SSSR count). The summed E-state index contributed by atoms with van der Waals surface area (Å²) in [6.07, 6.45) is 3.95. The van der Waals surface area contributed by atoms with Gasteiger partial charge in [-0.05, 0) is 43.9 Å². The van der Waals surface area contributed by atoms with Gasteiger partial charge in [-0.2, -0.15) is 0 Å². The van der Waals surface area contributed by atoms with Gasteiger partial charge in [0.15, 0.2) is 6.61 Å². The molecule has 1 atom stereocenters. The fourth-order valence-corrected chi connectivity index (χ4v) is 3.22. The lowest BCUT2D eigenvalue weighted by atomic mass is 10.00. The molecular weight excluding hydrogens is 379 g/mol. The van der Waals surface area contributed by atoms with Crippen molar-refractivity contribution in [2.24, 2.45) is 0 Å². The van der Waals surface area contributed by atoms with Crippen LogP contribution in [-0.4, -0.2) is 48.4 Å². The van der Waals surface area contributed by atoms with Gasteiger partial charge in [0.1, 0.15) is 6.54 Å². The SMILES string of the molecule is CC[C@@H]1CCCCN1C(=O)COC(=O)CNC(=O)c1ccc(Cl)c(Cl)c1. The van der Waals surface area contributed by atoms with E-state index in [1.165, 1.54) is 18.2 Å². The number of hydrogen-bond acceptors (Lipinski definition) is 4. The van der Waals surface area contributed by atoms with E-state index in [2.05, 4.69) is 5.32 Å². The first kappa shape index (κ1) is 20.5. The highest BCUT2D eigenvalue weighted by molar-refractivity contribution is 6.42. The van der Waals surface area contributed by atoms with E-state index in [1.54, 1.807) is 4.90 Å². The van der Waals surface area contributed by atoms with Crippen molar-refractivity contribution in [3.63, 3.8) is 0 Å². The van der Waals surface area contributed by atoms with Crippen LogP contribution in [0, 0.1) is 0 Å². The average molecular weight is 401 g/mol. The number of carbonyl (C=O) groups excluding carboxylic acids is 3. The van der Waals surface area contributed by atoms with Gasteiger partial charge in [0.25, 0.3) is 11.8 Å². The third kappa shape index (κ3) is 5.61. The standard InChI is InChI=1S/C18H22Cl2N2O4/c1-2-13-5-3-4-8-22(13)16(23)11-26-17(24)10-21-18(25)12-6-7-14(19)15(20)9-12/h6-7,9,13H,2-5,8,10-11H2,1H3,(H,21,25)/t13-/m1/s1. The van der Waals surface area contributed by atoms with E-state index in [4.69, 9.17) is 27.9 Å². The Labute approximate surface area is 162 Å². The van der Waals surface area contributed by atoms with Crippen molar-refractivity contribution >= 4 is 41.0 Å². The van der Waals surface area contributed by atoms with Crippen molar-refractivity contribution in [3.8, 4) is 0 Å². The summed E-state index contributed by atoms with van der Waals surface area (Å²) in [7, 11) is 0. The second-order valence-electron chi connectivity index (χ2n) is 6.12. The van der Waals surface area contributed by atoms with E-state index in [-0.39, 0.29) is 35.7 Å². The number of hydrogen-bond donors (Lipinski definition) is 1. The Morgan fingerprint density at radius 2 is 2.00 bits per heavy atom. The molecule has 1 aliphatic heterocycles. The fourth-order valence-electron chi connectivity index (χ4n) is 2.92. The van der Waals surface area contributed by atoms with Gasteiger partial charge in [-0.15, -0.1) is 0 Å². The number of ether oxygens (including phenoxy) is 1. The van der Waals surface area contributed by atoms with Crippen molar-refractivity contribution in [2.75, 3.05) is 19.7 Å². The average Bonchev–Trinajstić information content (AvgIpc) is 2.66. The Morgan fingerprint density at radius 3 is 2.69 bits per heavy atom. The molecule has 0 saturated carbocycles. The molecule has 0 aliphatic carbocycles. The van der Waals surface area contributed by atoms with Crippen LogP contribution in [0.4, 0.5) is 0 Å². The number of likely N-dealkylation sites (tertiary alicyclic amines) is 1.